The molecule has 21 heavy (non-hydrogen) atoms. The maximum atomic E-state index is 5.84. The number of hydrogen-bond acceptors (Lipinski definition) is 3. The van der Waals surface area contributed by atoms with Gasteiger partial charge in [-0.25, -0.2) is 0 Å². The second kappa shape index (κ2) is 7.05. The summed E-state index contributed by atoms with van der Waals surface area (Å²) in [6.07, 6.45) is 5.53. The lowest BCUT2D eigenvalue weighted by Crippen LogP contribution is -2.00. The summed E-state index contributed by atoms with van der Waals surface area (Å²) < 4.78 is 17.1. The highest BCUT2D eigenvalue weighted by Gasteiger charge is 2.11. The van der Waals surface area contributed by atoms with Crippen molar-refractivity contribution in [2.24, 2.45) is 0 Å². The van der Waals surface area contributed by atoms with Gasteiger partial charge in [-0.05, 0) is 29.8 Å². The van der Waals surface area contributed by atoms with Gasteiger partial charge in [0.25, 0.3) is 0 Å². The van der Waals surface area contributed by atoms with E-state index in [2.05, 4.69) is 21.9 Å². The summed E-state index contributed by atoms with van der Waals surface area (Å²) in [5, 5.41) is 0. The fourth-order valence-corrected chi connectivity index (χ4v) is 2.29. The Morgan fingerprint density at radius 1 is 1.10 bits per heavy atom. The molecule has 0 N–H and O–H groups in total. The average Bonchev–Trinajstić information content (AvgIpc) is 2.53. The Hall–Kier alpha value is -2.12. The Morgan fingerprint density at radius 2 is 1.81 bits per heavy atom. The summed E-state index contributed by atoms with van der Waals surface area (Å²) in [5.74, 6) is 4.59. The molecule has 0 saturated carbocycles. The Bertz CT molecular complexity index is 657. The topological polar surface area (TPSA) is 27.7 Å². The van der Waals surface area contributed by atoms with Crippen molar-refractivity contribution in [3.05, 3.63) is 52.0 Å². The van der Waals surface area contributed by atoms with Crippen LogP contribution in [0.2, 0.25) is 0 Å². The van der Waals surface area contributed by atoms with Crippen LogP contribution >= 0.6 is 15.9 Å². The van der Waals surface area contributed by atoms with E-state index in [1.807, 2.05) is 36.4 Å². The third-order valence-corrected chi connectivity index (χ3v) is 3.40. The predicted molar refractivity (Wildman–Crippen MR) is 86.0 cm³/mol. The fourth-order valence-electron chi connectivity index (χ4n) is 1.85. The molecule has 0 spiro atoms. The van der Waals surface area contributed by atoms with Crippen LogP contribution in [0.15, 0.2) is 40.9 Å². The zero-order valence-corrected chi connectivity index (χ0v) is 13.4. The van der Waals surface area contributed by atoms with Crippen molar-refractivity contribution in [2.75, 3.05) is 14.2 Å². The lowest BCUT2D eigenvalue weighted by atomic mass is 10.2. The molecule has 0 amide bonds. The van der Waals surface area contributed by atoms with Crippen LogP contribution in [-0.2, 0) is 6.61 Å². The first-order chi connectivity index (χ1) is 10.2. The van der Waals surface area contributed by atoms with E-state index in [0.29, 0.717) is 23.7 Å². The predicted octanol–water partition coefficient (Wildman–Crippen LogP) is 4.03. The SMILES string of the molecule is C#Cc1cc(Br)cc(OC)c1OCc1ccc(OC)cc1. The lowest BCUT2D eigenvalue weighted by molar-refractivity contribution is 0.283. The van der Waals surface area contributed by atoms with Gasteiger partial charge in [0.15, 0.2) is 11.5 Å². The van der Waals surface area contributed by atoms with Gasteiger partial charge < -0.3 is 14.2 Å². The van der Waals surface area contributed by atoms with Crippen LogP contribution in [0.4, 0.5) is 0 Å². The van der Waals surface area contributed by atoms with E-state index >= 15 is 0 Å². The van der Waals surface area contributed by atoms with Crippen molar-refractivity contribution in [2.45, 2.75) is 6.61 Å². The molecule has 4 heteroatoms. The third-order valence-electron chi connectivity index (χ3n) is 2.94. The molecule has 0 bridgehead atoms. The van der Waals surface area contributed by atoms with Crippen molar-refractivity contribution in [3.63, 3.8) is 0 Å². The molecule has 0 aromatic heterocycles. The summed E-state index contributed by atoms with van der Waals surface area (Å²) in [6, 6.07) is 11.3. The molecule has 2 rings (SSSR count). The summed E-state index contributed by atoms with van der Waals surface area (Å²) in [5.41, 5.74) is 1.67. The highest BCUT2D eigenvalue weighted by atomic mass is 79.9. The Labute approximate surface area is 133 Å². The molecular weight excluding hydrogens is 332 g/mol. The molecule has 0 fully saturated rings. The largest absolute Gasteiger partial charge is 0.497 e. The van der Waals surface area contributed by atoms with Crippen LogP contribution in [0.1, 0.15) is 11.1 Å². The van der Waals surface area contributed by atoms with E-state index in [1.165, 1.54) is 0 Å². The molecule has 0 radical (unpaired) electrons. The summed E-state index contributed by atoms with van der Waals surface area (Å²) in [6.45, 7) is 0.399. The zero-order chi connectivity index (χ0) is 15.2. The summed E-state index contributed by atoms with van der Waals surface area (Å²) in [7, 11) is 3.22. The van der Waals surface area contributed by atoms with E-state index in [9.17, 15) is 0 Å². The molecule has 0 aliphatic rings. The van der Waals surface area contributed by atoms with E-state index in [0.717, 1.165) is 15.8 Å². The maximum absolute atomic E-state index is 5.84. The summed E-state index contributed by atoms with van der Waals surface area (Å²) >= 11 is 3.40. The normalized spacial score (nSPS) is 9.81. The Kier molecular flexibility index (Phi) is 5.13. The van der Waals surface area contributed by atoms with Gasteiger partial charge in [-0.1, -0.05) is 34.0 Å². The van der Waals surface area contributed by atoms with Crippen LogP contribution < -0.4 is 14.2 Å². The van der Waals surface area contributed by atoms with Gasteiger partial charge in [0.1, 0.15) is 12.4 Å². The van der Waals surface area contributed by atoms with Crippen LogP contribution in [0.3, 0.4) is 0 Å². The first-order valence-corrected chi connectivity index (χ1v) is 7.07. The Balaban J connectivity index is 2.20. The summed E-state index contributed by atoms with van der Waals surface area (Å²) in [4.78, 5) is 0. The molecule has 3 nitrogen and oxygen atoms in total. The molecular formula is C17H15BrO3. The second-order valence-corrected chi connectivity index (χ2v) is 5.18. The molecule has 0 heterocycles. The lowest BCUT2D eigenvalue weighted by Gasteiger charge is -2.13. The van der Waals surface area contributed by atoms with Crippen molar-refractivity contribution < 1.29 is 14.2 Å². The molecule has 0 aliphatic carbocycles. The maximum Gasteiger partial charge on any atom is 0.177 e. The van der Waals surface area contributed by atoms with Crippen molar-refractivity contribution in [3.8, 4) is 29.6 Å². The quantitative estimate of drug-likeness (QED) is 0.765. The number of benzene rings is 2. The van der Waals surface area contributed by atoms with E-state index in [4.69, 9.17) is 20.6 Å². The van der Waals surface area contributed by atoms with Crippen LogP contribution in [-0.4, -0.2) is 14.2 Å². The van der Waals surface area contributed by atoms with E-state index in [-0.39, 0.29) is 0 Å². The number of methoxy groups -OCH3 is 2. The number of halogens is 1. The molecule has 108 valence electrons. The zero-order valence-electron chi connectivity index (χ0n) is 11.9. The minimum atomic E-state index is 0.399. The van der Waals surface area contributed by atoms with Crippen LogP contribution in [0, 0.1) is 12.3 Å². The van der Waals surface area contributed by atoms with Crippen LogP contribution in [0.5, 0.6) is 17.2 Å². The number of rotatable bonds is 5. The van der Waals surface area contributed by atoms with Gasteiger partial charge in [-0.15, -0.1) is 6.42 Å². The van der Waals surface area contributed by atoms with Gasteiger partial charge in [0.05, 0.1) is 19.8 Å². The molecule has 2 aromatic carbocycles. The molecule has 0 saturated heterocycles. The number of terminal acetylenes is 1. The molecule has 0 unspecified atom stereocenters. The van der Waals surface area contributed by atoms with Gasteiger partial charge in [-0.2, -0.15) is 0 Å². The first-order valence-electron chi connectivity index (χ1n) is 6.27. The smallest absolute Gasteiger partial charge is 0.177 e. The van der Waals surface area contributed by atoms with Gasteiger partial charge >= 0.3 is 0 Å². The third kappa shape index (κ3) is 3.71. The van der Waals surface area contributed by atoms with E-state index < -0.39 is 0 Å². The molecule has 0 atom stereocenters. The van der Waals surface area contributed by atoms with E-state index in [1.54, 1.807) is 14.2 Å². The Morgan fingerprint density at radius 3 is 2.38 bits per heavy atom. The minimum Gasteiger partial charge on any atom is -0.497 e. The molecule has 2 aromatic rings. The highest BCUT2D eigenvalue weighted by molar-refractivity contribution is 9.10. The standard InChI is InChI=1S/C17H15BrO3/c1-4-13-9-14(18)10-16(20-3)17(13)21-11-12-5-7-15(19-2)8-6-12/h1,5-10H,11H2,2-3H3. The van der Waals surface area contributed by atoms with Crippen LogP contribution in [0.25, 0.3) is 0 Å². The minimum absolute atomic E-state index is 0.399. The monoisotopic (exact) mass is 346 g/mol. The highest BCUT2D eigenvalue weighted by Crippen LogP contribution is 2.35. The van der Waals surface area contributed by atoms with Crippen molar-refractivity contribution in [1.82, 2.24) is 0 Å². The number of hydrogen-bond donors (Lipinski definition) is 0. The van der Waals surface area contributed by atoms with Gasteiger partial charge in [0, 0.05) is 4.47 Å². The van der Waals surface area contributed by atoms with Crippen molar-refractivity contribution >= 4 is 15.9 Å². The van der Waals surface area contributed by atoms with Gasteiger partial charge in [-0.3, -0.25) is 0 Å². The number of ether oxygens (including phenoxy) is 3. The average molecular weight is 347 g/mol. The second-order valence-electron chi connectivity index (χ2n) is 4.27. The fraction of sp³-hybridized carbons (Fsp3) is 0.176. The molecule has 0 aliphatic heterocycles. The van der Waals surface area contributed by atoms with Gasteiger partial charge in [0.2, 0.25) is 0 Å². The van der Waals surface area contributed by atoms with Crippen molar-refractivity contribution in [1.29, 1.82) is 0 Å². The first kappa shape index (κ1) is 15.3.